The predicted molar refractivity (Wildman–Crippen MR) is 69.3 cm³/mol. The third kappa shape index (κ3) is 2.99. The van der Waals surface area contributed by atoms with Gasteiger partial charge in [0.2, 0.25) is 0 Å². The summed E-state index contributed by atoms with van der Waals surface area (Å²) in [6.07, 6.45) is 0. The molecule has 0 saturated heterocycles. The van der Waals surface area contributed by atoms with Crippen LogP contribution in [0.1, 0.15) is 15.9 Å². The summed E-state index contributed by atoms with van der Waals surface area (Å²) in [7, 11) is 0. The largest absolute Gasteiger partial charge is 0.478 e. The Bertz CT molecular complexity index is 617. The molecule has 0 amide bonds. The third-order valence-corrected chi connectivity index (χ3v) is 2.47. The molecule has 0 heterocycles. The molecule has 2 aromatic carbocycles. The summed E-state index contributed by atoms with van der Waals surface area (Å²) in [5.74, 6) is -0.971. The normalized spacial score (nSPS) is 9.06. The van der Waals surface area contributed by atoms with Crippen molar-refractivity contribution in [2.75, 3.05) is 0 Å². The summed E-state index contributed by atoms with van der Waals surface area (Å²) in [5, 5.41) is 17.9. The van der Waals surface area contributed by atoms with Crippen LogP contribution >= 0.6 is 0 Å². The molecule has 4 heteroatoms. The Morgan fingerprint density at radius 1 is 1.11 bits per heavy atom. The van der Waals surface area contributed by atoms with Crippen LogP contribution < -0.4 is 0 Å². The van der Waals surface area contributed by atoms with Gasteiger partial charge in [-0.2, -0.15) is 5.26 Å². The van der Waals surface area contributed by atoms with Gasteiger partial charge in [0.25, 0.3) is 0 Å². The molecular weight excluding hydrogens is 237 g/mol. The number of carboxylic acid groups (broad SMARTS) is 1. The van der Waals surface area contributed by atoms with E-state index in [9.17, 15) is 4.79 Å². The molecule has 0 aliphatic heterocycles. The molecule has 0 bridgehead atoms. The first-order valence-electron chi connectivity index (χ1n) is 5.05. The van der Waals surface area contributed by atoms with Crippen LogP contribution in [0.5, 0.6) is 0 Å². The molecule has 18 heavy (non-hydrogen) atoms. The van der Waals surface area contributed by atoms with Crippen LogP contribution in [-0.2, 0) is 0 Å². The van der Waals surface area contributed by atoms with E-state index in [-0.39, 0.29) is 35.1 Å². The number of aromatic carboxylic acids is 1. The first-order valence-corrected chi connectivity index (χ1v) is 5.05. The Balaban J connectivity index is 0.00000162. The molecule has 0 saturated carbocycles. The average Bonchev–Trinajstić information content (AvgIpc) is 2.39. The average molecular weight is 246 g/mol. The summed E-state index contributed by atoms with van der Waals surface area (Å²) in [6, 6.07) is 15.8. The van der Waals surface area contributed by atoms with E-state index in [4.69, 9.17) is 10.4 Å². The number of nitrogens with zero attached hydrogens (tertiary/aromatic N) is 1. The fourth-order valence-electron chi connectivity index (χ4n) is 1.65. The maximum Gasteiger partial charge on any atom is 0.335 e. The molecule has 0 spiro atoms. The Labute approximate surface area is 127 Å². The molecule has 2 rings (SSSR count). The Morgan fingerprint density at radius 3 is 2.50 bits per heavy atom. The molecule has 1 radical (unpaired) electrons. The summed E-state index contributed by atoms with van der Waals surface area (Å²) in [6.45, 7) is 0. The number of rotatable bonds is 2. The smallest absolute Gasteiger partial charge is 0.335 e. The zero-order valence-electron chi connectivity index (χ0n) is 9.92. The van der Waals surface area contributed by atoms with E-state index in [1.807, 2.05) is 6.07 Å². The summed E-state index contributed by atoms with van der Waals surface area (Å²) in [5.41, 5.74) is 2.24. The third-order valence-electron chi connectivity index (χ3n) is 2.47. The molecule has 1 N–H and O–H groups in total. The van der Waals surface area contributed by atoms with Gasteiger partial charge in [-0.1, -0.05) is 30.3 Å². The summed E-state index contributed by atoms with van der Waals surface area (Å²) >= 11 is 0. The summed E-state index contributed by atoms with van der Waals surface area (Å²) < 4.78 is 0. The number of carboxylic acids is 1. The van der Waals surface area contributed by atoms with Crippen molar-refractivity contribution < 1.29 is 9.90 Å². The van der Waals surface area contributed by atoms with Crippen molar-refractivity contribution in [1.82, 2.24) is 0 Å². The zero-order chi connectivity index (χ0) is 12.3. The summed E-state index contributed by atoms with van der Waals surface area (Å²) in [4.78, 5) is 10.9. The molecule has 0 fully saturated rings. The molecule has 83 valence electrons. The Morgan fingerprint density at radius 2 is 1.83 bits per heavy atom. The van der Waals surface area contributed by atoms with Gasteiger partial charge in [-0.25, -0.2) is 4.79 Å². The van der Waals surface area contributed by atoms with Crippen molar-refractivity contribution >= 4 is 35.5 Å². The molecule has 0 aromatic heterocycles. The van der Waals surface area contributed by atoms with Crippen molar-refractivity contribution in [3.8, 4) is 17.2 Å². The second-order valence-corrected chi connectivity index (χ2v) is 3.54. The van der Waals surface area contributed by atoms with Gasteiger partial charge in [-0.3, -0.25) is 0 Å². The van der Waals surface area contributed by atoms with E-state index in [0.717, 1.165) is 11.1 Å². The minimum absolute atomic E-state index is 0. The van der Waals surface area contributed by atoms with Gasteiger partial charge in [-0.05, 0) is 29.3 Å². The SMILES string of the molecule is N#Cc1ccccc1-c1cccc(C(=O)O)c1.[Na]. The number of hydrogen-bond acceptors (Lipinski definition) is 2. The van der Waals surface area contributed by atoms with Gasteiger partial charge >= 0.3 is 5.97 Å². The van der Waals surface area contributed by atoms with Gasteiger partial charge in [0.15, 0.2) is 0 Å². The van der Waals surface area contributed by atoms with Crippen LogP contribution in [0.2, 0.25) is 0 Å². The maximum atomic E-state index is 10.9. The predicted octanol–water partition coefficient (Wildman–Crippen LogP) is 2.54. The fraction of sp³-hybridized carbons (Fsp3) is 0. The fourth-order valence-corrected chi connectivity index (χ4v) is 1.65. The maximum absolute atomic E-state index is 10.9. The first-order chi connectivity index (χ1) is 8.22. The topological polar surface area (TPSA) is 61.1 Å². The van der Waals surface area contributed by atoms with Gasteiger partial charge in [0, 0.05) is 29.6 Å². The molecule has 0 atom stereocenters. The quantitative estimate of drug-likeness (QED) is 0.828. The van der Waals surface area contributed by atoms with E-state index in [0.29, 0.717) is 5.56 Å². The number of hydrogen-bond donors (Lipinski definition) is 1. The van der Waals surface area contributed by atoms with Crippen molar-refractivity contribution in [3.05, 3.63) is 59.7 Å². The van der Waals surface area contributed by atoms with Crippen LogP contribution in [0.25, 0.3) is 11.1 Å². The van der Waals surface area contributed by atoms with Crippen molar-refractivity contribution in [2.45, 2.75) is 0 Å². The van der Waals surface area contributed by atoms with Crippen LogP contribution in [0.3, 0.4) is 0 Å². The van der Waals surface area contributed by atoms with E-state index >= 15 is 0 Å². The van der Waals surface area contributed by atoms with Gasteiger partial charge in [-0.15, -0.1) is 0 Å². The monoisotopic (exact) mass is 246 g/mol. The Kier molecular flexibility index (Phi) is 5.11. The Hall–Kier alpha value is -1.60. The van der Waals surface area contributed by atoms with Crippen LogP contribution in [-0.4, -0.2) is 40.6 Å². The number of nitriles is 1. The minimum Gasteiger partial charge on any atom is -0.478 e. The van der Waals surface area contributed by atoms with Crippen LogP contribution in [0.15, 0.2) is 48.5 Å². The van der Waals surface area contributed by atoms with E-state index in [1.54, 1.807) is 36.4 Å². The number of benzene rings is 2. The van der Waals surface area contributed by atoms with Gasteiger partial charge in [0.1, 0.15) is 0 Å². The second kappa shape index (κ2) is 6.36. The molecule has 3 nitrogen and oxygen atoms in total. The molecule has 2 aromatic rings. The van der Waals surface area contributed by atoms with E-state index in [1.165, 1.54) is 6.07 Å². The van der Waals surface area contributed by atoms with Crippen LogP contribution in [0, 0.1) is 11.3 Å². The standard InChI is InChI=1S/C14H9NO2.Na/c15-9-12-4-1-2-7-13(12)10-5-3-6-11(8-10)14(16)17;/h1-8H,(H,16,17);. The van der Waals surface area contributed by atoms with Crippen molar-refractivity contribution in [1.29, 1.82) is 5.26 Å². The molecule has 0 aliphatic rings. The van der Waals surface area contributed by atoms with Crippen LogP contribution in [0.4, 0.5) is 0 Å². The van der Waals surface area contributed by atoms with Crippen molar-refractivity contribution in [3.63, 3.8) is 0 Å². The molecular formula is C14H9NNaO2. The van der Waals surface area contributed by atoms with Crippen molar-refractivity contribution in [2.24, 2.45) is 0 Å². The first kappa shape index (κ1) is 14.5. The second-order valence-electron chi connectivity index (χ2n) is 3.54. The van der Waals surface area contributed by atoms with Gasteiger partial charge < -0.3 is 5.11 Å². The van der Waals surface area contributed by atoms with E-state index in [2.05, 4.69) is 6.07 Å². The van der Waals surface area contributed by atoms with Gasteiger partial charge in [0.05, 0.1) is 17.2 Å². The molecule has 0 unspecified atom stereocenters. The molecule has 0 aliphatic carbocycles. The minimum atomic E-state index is -0.971. The van der Waals surface area contributed by atoms with E-state index < -0.39 is 5.97 Å². The zero-order valence-corrected chi connectivity index (χ0v) is 11.9. The number of carbonyl (C=O) groups is 1.